The monoisotopic (exact) mass is 185 g/mol. The molecule has 0 aliphatic carbocycles. The van der Waals surface area contributed by atoms with E-state index in [1.165, 1.54) is 0 Å². The average molecular weight is 185 g/mol. The highest BCUT2D eigenvalue weighted by molar-refractivity contribution is 6.31. The van der Waals surface area contributed by atoms with Gasteiger partial charge >= 0.3 is 11.9 Å². The Labute approximate surface area is 72.7 Å². The summed E-state index contributed by atoms with van der Waals surface area (Å²) in [6, 6.07) is -0.581. The zero-order chi connectivity index (χ0) is 9.84. The molecule has 0 radical (unpaired) electrons. The van der Waals surface area contributed by atoms with Crippen molar-refractivity contribution in [2.45, 2.75) is 13.0 Å². The normalized spacial score (nSPS) is 12.1. The molecule has 0 aromatic carbocycles. The molecule has 0 saturated heterocycles. The molecular weight excluding hydrogens is 178 g/mol. The molecule has 0 bridgehead atoms. The van der Waals surface area contributed by atoms with Crippen molar-refractivity contribution in [3.8, 4) is 0 Å². The summed E-state index contributed by atoms with van der Waals surface area (Å²) in [6.45, 7) is 1.55. The number of hydrogen-bond acceptors (Lipinski definition) is 5. The molecule has 0 aliphatic rings. The molecule has 1 rings (SSSR count). The molecule has 0 saturated carbocycles. The number of carbonyl (C=O) groups excluding carboxylic acids is 1. The quantitative estimate of drug-likeness (QED) is 0.592. The largest absolute Gasteiger partial charge is 0.474 e. The minimum Gasteiger partial charge on any atom is -0.474 e. The van der Waals surface area contributed by atoms with E-state index in [0.717, 1.165) is 6.39 Å². The first-order chi connectivity index (χ1) is 6.11. The zero-order valence-electron chi connectivity index (χ0n) is 6.72. The van der Waals surface area contributed by atoms with Gasteiger partial charge in [-0.1, -0.05) is 5.16 Å². The van der Waals surface area contributed by atoms with Crippen LogP contribution >= 0.6 is 0 Å². The standard InChI is InChI=1S/C6H7N3O4/c1-3(4-7-2-13-9-4)8-5(10)6(11)12/h2-3H,1H3,(H,8,10)(H,11,12). The summed E-state index contributed by atoms with van der Waals surface area (Å²) >= 11 is 0. The molecule has 1 atom stereocenters. The number of carbonyl (C=O) groups is 2. The second kappa shape index (κ2) is 3.65. The lowest BCUT2D eigenvalue weighted by atomic mass is 10.3. The third kappa shape index (κ3) is 2.26. The van der Waals surface area contributed by atoms with Crippen LogP contribution < -0.4 is 5.32 Å². The van der Waals surface area contributed by atoms with Crippen LogP contribution in [0.1, 0.15) is 18.8 Å². The maximum Gasteiger partial charge on any atom is 0.394 e. The lowest BCUT2D eigenvalue weighted by molar-refractivity contribution is -0.150. The Hall–Kier alpha value is -1.92. The van der Waals surface area contributed by atoms with Gasteiger partial charge in [-0.15, -0.1) is 0 Å². The fourth-order valence-corrected chi connectivity index (χ4v) is 0.692. The molecule has 0 aliphatic heterocycles. The first-order valence-electron chi connectivity index (χ1n) is 3.41. The number of rotatable bonds is 2. The van der Waals surface area contributed by atoms with Crippen molar-refractivity contribution in [3.05, 3.63) is 12.2 Å². The zero-order valence-corrected chi connectivity index (χ0v) is 6.72. The molecule has 1 amide bonds. The number of amides is 1. The maximum atomic E-state index is 10.7. The Balaban J connectivity index is 2.56. The van der Waals surface area contributed by atoms with Gasteiger partial charge in [0.15, 0.2) is 5.82 Å². The van der Waals surface area contributed by atoms with Gasteiger partial charge in [0.05, 0.1) is 6.04 Å². The van der Waals surface area contributed by atoms with Gasteiger partial charge in [-0.2, -0.15) is 4.98 Å². The highest BCUT2D eigenvalue weighted by atomic mass is 16.5. The molecule has 2 N–H and O–H groups in total. The molecule has 0 fully saturated rings. The molecule has 1 aromatic heterocycles. The van der Waals surface area contributed by atoms with E-state index in [1.807, 2.05) is 0 Å². The number of aromatic nitrogens is 2. The second-order valence-corrected chi connectivity index (χ2v) is 2.29. The van der Waals surface area contributed by atoms with Gasteiger partial charge in [0.25, 0.3) is 0 Å². The molecular formula is C6H7N3O4. The number of nitrogens with one attached hydrogen (secondary N) is 1. The van der Waals surface area contributed by atoms with Gasteiger partial charge in [-0.25, -0.2) is 4.79 Å². The van der Waals surface area contributed by atoms with Crippen molar-refractivity contribution in [3.63, 3.8) is 0 Å². The van der Waals surface area contributed by atoms with Crippen molar-refractivity contribution in [2.75, 3.05) is 0 Å². The molecule has 70 valence electrons. The van der Waals surface area contributed by atoms with E-state index in [2.05, 4.69) is 20.0 Å². The molecule has 13 heavy (non-hydrogen) atoms. The summed E-state index contributed by atoms with van der Waals surface area (Å²) in [7, 11) is 0. The summed E-state index contributed by atoms with van der Waals surface area (Å²) < 4.78 is 4.42. The van der Waals surface area contributed by atoms with Crippen LogP contribution in [0.3, 0.4) is 0 Å². The summed E-state index contributed by atoms with van der Waals surface area (Å²) in [6.07, 6.45) is 1.10. The van der Waals surface area contributed by atoms with Crippen molar-refractivity contribution in [1.82, 2.24) is 15.5 Å². The minimum absolute atomic E-state index is 0.231. The highest BCUT2D eigenvalue weighted by Gasteiger charge is 2.17. The number of aliphatic carboxylic acids is 1. The van der Waals surface area contributed by atoms with Crippen LogP contribution in [0.5, 0.6) is 0 Å². The van der Waals surface area contributed by atoms with E-state index in [1.54, 1.807) is 6.92 Å². The van der Waals surface area contributed by atoms with Crippen LogP contribution in [0.15, 0.2) is 10.9 Å². The molecule has 7 nitrogen and oxygen atoms in total. The van der Waals surface area contributed by atoms with E-state index in [4.69, 9.17) is 5.11 Å². The Morgan fingerprint density at radius 1 is 1.69 bits per heavy atom. The van der Waals surface area contributed by atoms with E-state index in [-0.39, 0.29) is 5.82 Å². The molecule has 1 heterocycles. The van der Waals surface area contributed by atoms with Crippen molar-refractivity contribution in [2.24, 2.45) is 0 Å². The number of hydrogen-bond donors (Lipinski definition) is 2. The molecule has 7 heteroatoms. The number of carboxylic acids is 1. The van der Waals surface area contributed by atoms with Crippen LogP contribution in [0.25, 0.3) is 0 Å². The average Bonchev–Trinajstić information content (AvgIpc) is 2.55. The van der Waals surface area contributed by atoms with Gasteiger partial charge < -0.3 is 14.9 Å². The van der Waals surface area contributed by atoms with E-state index < -0.39 is 17.9 Å². The lowest BCUT2D eigenvalue weighted by Crippen LogP contribution is -2.33. The van der Waals surface area contributed by atoms with E-state index in [0.29, 0.717) is 0 Å². The van der Waals surface area contributed by atoms with Crippen LogP contribution in [0, 0.1) is 0 Å². The van der Waals surface area contributed by atoms with Crippen molar-refractivity contribution in [1.29, 1.82) is 0 Å². The Morgan fingerprint density at radius 3 is 2.85 bits per heavy atom. The molecule has 1 unspecified atom stereocenters. The fraction of sp³-hybridized carbons (Fsp3) is 0.333. The second-order valence-electron chi connectivity index (χ2n) is 2.29. The summed E-state index contributed by atoms with van der Waals surface area (Å²) in [5.41, 5.74) is 0. The van der Waals surface area contributed by atoms with Gasteiger partial charge in [0, 0.05) is 0 Å². The number of carboxylic acid groups (broad SMARTS) is 1. The Kier molecular flexibility index (Phi) is 2.58. The summed E-state index contributed by atoms with van der Waals surface area (Å²) in [4.78, 5) is 24.4. The molecule has 1 aromatic rings. The van der Waals surface area contributed by atoms with E-state index in [9.17, 15) is 9.59 Å². The Bertz CT molecular complexity index is 308. The predicted molar refractivity (Wildman–Crippen MR) is 38.5 cm³/mol. The topological polar surface area (TPSA) is 105 Å². The van der Waals surface area contributed by atoms with Crippen LogP contribution in [0.4, 0.5) is 0 Å². The first-order valence-corrected chi connectivity index (χ1v) is 3.41. The van der Waals surface area contributed by atoms with Crippen LogP contribution in [0.2, 0.25) is 0 Å². The third-order valence-corrected chi connectivity index (χ3v) is 1.31. The summed E-state index contributed by atoms with van der Waals surface area (Å²) in [5.74, 6) is -2.41. The van der Waals surface area contributed by atoms with Crippen molar-refractivity contribution < 1.29 is 19.2 Å². The highest BCUT2D eigenvalue weighted by Crippen LogP contribution is 2.03. The molecule has 0 spiro atoms. The van der Waals surface area contributed by atoms with E-state index >= 15 is 0 Å². The van der Waals surface area contributed by atoms with Gasteiger partial charge in [0.1, 0.15) is 0 Å². The maximum absolute atomic E-state index is 10.7. The van der Waals surface area contributed by atoms with Crippen molar-refractivity contribution >= 4 is 11.9 Å². The summed E-state index contributed by atoms with van der Waals surface area (Å²) in [5, 5.41) is 13.8. The SMILES string of the molecule is CC(NC(=O)C(=O)O)c1ncon1. The predicted octanol–water partition coefficient (Wildman–Crippen LogP) is -0.669. The smallest absolute Gasteiger partial charge is 0.394 e. The fourth-order valence-electron chi connectivity index (χ4n) is 0.692. The Morgan fingerprint density at radius 2 is 2.38 bits per heavy atom. The van der Waals surface area contributed by atoms with Crippen LogP contribution in [-0.4, -0.2) is 27.1 Å². The third-order valence-electron chi connectivity index (χ3n) is 1.31. The van der Waals surface area contributed by atoms with Gasteiger partial charge in [0.2, 0.25) is 6.39 Å². The first kappa shape index (κ1) is 9.17. The van der Waals surface area contributed by atoms with Gasteiger partial charge in [-0.3, -0.25) is 4.79 Å². The van der Waals surface area contributed by atoms with Crippen LogP contribution in [-0.2, 0) is 9.59 Å². The minimum atomic E-state index is -1.55. The number of nitrogens with zero attached hydrogens (tertiary/aromatic N) is 2. The van der Waals surface area contributed by atoms with Gasteiger partial charge in [-0.05, 0) is 6.92 Å². The lowest BCUT2D eigenvalue weighted by Gasteiger charge is -2.06.